The van der Waals surface area contributed by atoms with Gasteiger partial charge in [-0.05, 0) is 38.5 Å². The fraction of sp³-hybridized carbons (Fsp3) is 0.417. The van der Waals surface area contributed by atoms with Crippen molar-refractivity contribution >= 4 is 11.6 Å². The maximum atomic E-state index is 9.10. The number of hydrogen-bond donors (Lipinski definition) is 0. The standard InChI is InChI=1S/C12H14ClNO/c1-8-5-9(13)11(10(6-8)15-4)12(2,3)7-14/h5-6H,1-4H3. The first kappa shape index (κ1) is 11.9. The lowest BCUT2D eigenvalue weighted by Gasteiger charge is -2.21. The van der Waals surface area contributed by atoms with Crippen LogP contribution in [0.15, 0.2) is 12.1 Å². The second-order valence-electron chi connectivity index (χ2n) is 4.06. The number of aryl methyl sites for hydroxylation is 1. The number of nitriles is 1. The Kier molecular flexibility index (Phi) is 3.26. The smallest absolute Gasteiger partial charge is 0.125 e. The van der Waals surface area contributed by atoms with Gasteiger partial charge in [0.2, 0.25) is 0 Å². The topological polar surface area (TPSA) is 33.0 Å². The highest BCUT2D eigenvalue weighted by atomic mass is 35.5. The Morgan fingerprint density at radius 3 is 2.47 bits per heavy atom. The van der Waals surface area contributed by atoms with Gasteiger partial charge in [0.15, 0.2) is 0 Å². The van der Waals surface area contributed by atoms with E-state index in [1.165, 1.54) is 0 Å². The van der Waals surface area contributed by atoms with E-state index >= 15 is 0 Å². The molecule has 1 aromatic rings. The molecule has 0 amide bonds. The lowest BCUT2D eigenvalue weighted by atomic mass is 9.85. The predicted molar refractivity (Wildman–Crippen MR) is 61.4 cm³/mol. The molecule has 0 aliphatic rings. The van der Waals surface area contributed by atoms with Crippen molar-refractivity contribution in [3.05, 3.63) is 28.3 Å². The third kappa shape index (κ3) is 2.24. The summed E-state index contributed by atoms with van der Waals surface area (Å²) in [6, 6.07) is 5.96. The average molecular weight is 224 g/mol. The summed E-state index contributed by atoms with van der Waals surface area (Å²) in [5.41, 5.74) is 1.13. The summed E-state index contributed by atoms with van der Waals surface area (Å²) < 4.78 is 5.26. The maximum Gasteiger partial charge on any atom is 0.125 e. The van der Waals surface area contributed by atoms with E-state index in [2.05, 4.69) is 6.07 Å². The summed E-state index contributed by atoms with van der Waals surface area (Å²) in [5.74, 6) is 0.673. The highest BCUT2D eigenvalue weighted by molar-refractivity contribution is 6.31. The largest absolute Gasteiger partial charge is 0.496 e. The van der Waals surface area contributed by atoms with Gasteiger partial charge in [0.1, 0.15) is 5.75 Å². The molecule has 15 heavy (non-hydrogen) atoms. The van der Waals surface area contributed by atoms with Crippen molar-refractivity contribution in [2.75, 3.05) is 7.11 Å². The molecule has 3 heteroatoms. The molecule has 0 spiro atoms. The number of benzene rings is 1. The van der Waals surface area contributed by atoms with Gasteiger partial charge < -0.3 is 4.74 Å². The van der Waals surface area contributed by atoms with Crippen molar-refractivity contribution in [2.24, 2.45) is 0 Å². The van der Waals surface area contributed by atoms with E-state index in [0.29, 0.717) is 10.8 Å². The molecule has 0 atom stereocenters. The maximum absolute atomic E-state index is 9.10. The second kappa shape index (κ2) is 4.12. The Hall–Kier alpha value is -1.20. The van der Waals surface area contributed by atoms with Crippen LogP contribution in [0.1, 0.15) is 25.0 Å². The molecule has 2 nitrogen and oxygen atoms in total. The van der Waals surface area contributed by atoms with Gasteiger partial charge >= 0.3 is 0 Å². The first-order valence-corrected chi connectivity index (χ1v) is 5.06. The summed E-state index contributed by atoms with van der Waals surface area (Å²) in [5, 5.41) is 9.68. The van der Waals surface area contributed by atoms with E-state index in [1.54, 1.807) is 7.11 Å². The van der Waals surface area contributed by atoms with Crippen LogP contribution < -0.4 is 4.74 Å². The van der Waals surface area contributed by atoms with Gasteiger partial charge in [-0.1, -0.05) is 11.6 Å². The molecule has 1 rings (SSSR count). The van der Waals surface area contributed by atoms with Gasteiger partial charge in [-0.3, -0.25) is 0 Å². The van der Waals surface area contributed by atoms with Gasteiger partial charge in [0.05, 0.1) is 18.6 Å². The minimum Gasteiger partial charge on any atom is -0.496 e. The van der Waals surface area contributed by atoms with Crippen LogP contribution in [-0.4, -0.2) is 7.11 Å². The fourth-order valence-corrected chi connectivity index (χ4v) is 2.04. The zero-order valence-corrected chi connectivity index (χ0v) is 10.1. The van der Waals surface area contributed by atoms with Crippen LogP contribution in [0.2, 0.25) is 5.02 Å². The van der Waals surface area contributed by atoms with Crippen LogP contribution in [0.3, 0.4) is 0 Å². The van der Waals surface area contributed by atoms with E-state index < -0.39 is 5.41 Å². The Morgan fingerprint density at radius 1 is 1.40 bits per heavy atom. The van der Waals surface area contributed by atoms with Crippen LogP contribution in [0.4, 0.5) is 0 Å². The van der Waals surface area contributed by atoms with Crippen molar-refractivity contribution < 1.29 is 4.74 Å². The van der Waals surface area contributed by atoms with Crippen molar-refractivity contribution in [1.29, 1.82) is 5.26 Å². The molecule has 80 valence electrons. The molecule has 0 aromatic heterocycles. The molecule has 0 heterocycles. The number of ether oxygens (including phenoxy) is 1. The number of nitrogens with zero attached hydrogens (tertiary/aromatic N) is 1. The van der Waals surface area contributed by atoms with Gasteiger partial charge in [0, 0.05) is 10.6 Å². The minimum absolute atomic E-state index is 0.582. The van der Waals surface area contributed by atoms with Crippen LogP contribution in [-0.2, 0) is 5.41 Å². The predicted octanol–water partition coefficient (Wildman–Crippen LogP) is 3.46. The second-order valence-corrected chi connectivity index (χ2v) is 4.47. The summed E-state index contributed by atoms with van der Waals surface area (Å²) in [6.45, 7) is 5.59. The van der Waals surface area contributed by atoms with Crippen LogP contribution in [0.25, 0.3) is 0 Å². The molecule has 1 aromatic carbocycles. The SMILES string of the molecule is COc1cc(C)cc(Cl)c1C(C)(C)C#N. The normalized spacial score (nSPS) is 10.9. The number of hydrogen-bond acceptors (Lipinski definition) is 2. The van der Waals surface area contributed by atoms with E-state index in [4.69, 9.17) is 21.6 Å². The van der Waals surface area contributed by atoms with E-state index in [1.807, 2.05) is 32.9 Å². The molecule has 0 radical (unpaired) electrons. The Morgan fingerprint density at radius 2 is 2.00 bits per heavy atom. The van der Waals surface area contributed by atoms with Crippen molar-refractivity contribution in [2.45, 2.75) is 26.2 Å². The first-order chi connectivity index (χ1) is 6.92. The summed E-state index contributed by atoms with van der Waals surface area (Å²) in [6.07, 6.45) is 0. The Balaban J connectivity index is 3.48. The van der Waals surface area contributed by atoms with Gasteiger partial charge in [-0.2, -0.15) is 5.26 Å². The quantitative estimate of drug-likeness (QED) is 0.769. The third-order valence-electron chi connectivity index (χ3n) is 2.32. The molecule has 0 unspecified atom stereocenters. The molecule has 0 N–H and O–H groups in total. The van der Waals surface area contributed by atoms with Crippen LogP contribution in [0.5, 0.6) is 5.75 Å². The monoisotopic (exact) mass is 223 g/mol. The average Bonchev–Trinajstić information content (AvgIpc) is 2.15. The molecule has 0 saturated carbocycles. The van der Waals surface area contributed by atoms with Crippen molar-refractivity contribution in [1.82, 2.24) is 0 Å². The van der Waals surface area contributed by atoms with Gasteiger partial charge in [0.25, 0.3) is 0 Å². The summed E-state index contributed by atoms with van der Waals surface area (Å²) in [4.78, 5) is 0. The van der Waals surface area contributed by atoms with Gasteiger partial charge in [-0.15, -0.1) is 0 Å². The summed E-state index contributed by atoms with van der Waals surface area (Å²) >= 11 is 6.15. The molecule has 0 bridgehead atoms. The molecule has 0 saturated heterocycles. The number of methoxy groups -OCH3 is 1. The van der Waals surface area contributed by atoms with E-state index in [0.717, 1.165) is 11.1 Å². The molecule has 0 aliphatic carbocycles. The number of halogens is 1. The van der Waals surface area contributed by atoms with Crippen molar-refractivity contribution in [3.8, 4) is 11.8 Å². The Labute approximate surface area is 95.4 Å². The van der Waals surface area contributed by atoms with Crippen molar-refractivity contribution in [3.63, 3.8) is 0 Å². The lowest BCUT2D eigenvalue weighted by Crippen LogP contribution is -2.16. The Bertz CT molecular complexity index is 418. The van der Waals surface area contributed by atoms with E-state index in [-0.39, 0.29) is 0 Å². The summed E-state index contributed by atoms with van der Waals surface area (Å²) in [7, 11) is 1.59. The lowest BCUT2D eigenvalue weighted by molar-refractivity contribution is 0.402. The van der Waals surface area contributed by atoms with E-state index in [9.17, 15) is 0 Å². The molecule has 0 fully saturated rings. The van der Waals surface area contributed by atoms with Gasteiger partial charge in [-0.25, -0.2) is 0 Å². The zero-order valence-electron chi connectivity index (χ0n) is 9.39. The van der Waals surface area contributed by atoms with Crippen LogP contribution >= 0.6 is 11.6 Å². The highest BCUT2D eigenvalue weighted by Crippen LogP contribution is 2.37. The molecule has 0 aliphatic heterocycles. The fourth-order valence-electron chi connectivity index (χ4n) is 1.53. The zero-order chi connectivity index (χ0) is 11.6. The molecular weight excluding hydrogens is 210 g/mol. The minimum atomic E-state index is -0.643. The first-order valence-electron chi connectivity index (χ1n) is 4.68. The van der Waals surface area contributed by atoms with Crippen LogP contribution in [0, 0.1) is 18.3 Å². The molecular formula is C12H14ClNO. The highest BCUT2D eigenvalue weighted by Gasteiger charge is 2.27. The third-order valence-corrected chi connectivity index (χ3v) is 2.62. The number of rotatable bonds is 2.